The van der Waals surface area contributed by atoms with Crippen LogP contribution in [0.1, 0.15) is 29.0 Å². The van der Waals surface area contributed by atoms with E-state index in [1.165, 1.54) is 7.05 Å². The van der Waals surface area contributed by atoms with Crippen molar-refractivity contribution in [1.82, 2.24) is 4.90 Å². The Kier molecular flexibility index (Phi) is 6.47. The van der Waals surface area contributed by atoms with Gasteiger partial charge < -0.3 is 9.84 Å². The predicted octanol–water partition coefficient (Wildman–Crippen LogP) is 5.61. The molecule has 0 radical (unpaired) electrons. The summed E-state index contributed by atoms with van der Waals surface area (Å²) in [6, 6.07) is 22.4. The van der Waals surface area contributed by atoms with Gasteiger partial charge in [0.1, 0.15) is 12.6 Å². The number of carbonyl (C=O) groups excluding carboxylic acids is 1. The van der Waals surface area contributed by atoms with Crippen LogP contribution in [-0.2, 0) is 16.0 Å². The smallest absolute Gasteiger partial charge is 0.410 e. The fraction of sp³-hybridized carbons (Fsp3) is 0.231. The van der Waals surface area contributed by atoms with Crippen molar-refractivity contribution in [3.63, 3.8) is 0 Å². The molecular weight excluding hydrogens is 426 g/mol. The van der Waals surface area contributed by atoms with Crippen LogP contribution in [0.4, 0.5) is 4.79 Å². The summed E-state index contributed by atoms with van der Waals surface area (Å²) in [5.41, 5.74) is 5.35. The molecule has 3 aromatic carbocycles. The molecule has 0 bridgehead atoms. The molecule has 0 aliphatic heterocycles. The SMILES string of the molecule is CN(C(=O)OCC1c2ccccc2-c2ccccc21)[C@@H](CCc1ccccc1Cl)C(=O)O. The fourth-order valence-electron chi connectivity index (χ4n) is 4.30. The lowest BCUT2D eigenvalue weighted by Gasteiger charge is -2.25. The number of benzene rings is 3. The molecule has 0 saturated carbocycles. The van der Waals surface area contributed by atoms with E-state index in [-0.39, 0.29) is 18.9 Å². The maximum atomic E-state index is 12.8. The summed E-state index contributed by atoms with van der Waals surface area (Å²) >= 11 is 6.18. The molecule has 1 aliphatic carbocycles. The summed E-state index contributed by atoms with van der Waals surface area (Å²) in [5, 5.41) is 10.3. The van der Waals surface area contributed by atoms with E-state index in [2.05, 4.69) is 12.1 Å². The van der Waals surface area contributed by atoms with E-state index in [9.17, 15) is 14.7 Å². The fourth-order valence-corrected chi connectivity index (χ4v) is 4.53. The van der Waals surface area contributed by atoms with Crippen molar-refractivity contribution in [2.45, 2.75) is 24.8 Å². The highest BCUT2D eigenvalue weighted by molar-refractivity contribution is 6.31. The maximum Gasteiger partial charge on any atom is 0.410 e. The second-order valence-electron chi connectivity index (χ2n) is 7.90. The van der Waals surface area contributed by atoms with Crippen LogP contribution < -0.4 is 0 Å². The first-order chi connectivity index (χ1) is 15.5. The van der Waals surface area contributed by atoms with E-state index in [4.69, 9.17) is 16.3 Å². The van der Waals surface area contributed by atoms with Gasteiger partial charge in [0.05, 0.1) is 0 Å². The summed E-state index contributed by atoms with van der Waals surface area (Å²) < 4.78 is 5.61. The van der Waals surface area contributed by atoms with E-state index in [0.717, 1.165) is 32.7 Å². The van der Waals surface area contributed by atoms with Crippen LogP contribution in [0.2, 0.25) is 5.02 Å². The van der Waals surface area contributed by atoms with Crippen LogP contribution >= 0.6 is 11.6 Å². The van der Waals surface area contributed by atoms with Crippen LogP contribution in [-0.4, -0.2) is 41.8 Å². The summed E-state index contributed by atoms with van der Waals surface area (Å²) in [5.74, 6) is -1.15. The zero-order valence-electron chi connectivity index (χ0n) is 17.7. The molecule has 0 saturated heterocycles. The number of hydrogen-bond acceptors (Lipinski definition) is 3. The molecule has 164 valence electrons. The zero-order chi connectivity index (χ0) is 22.7. The van der Waals surface area contributed by atoms with Gasteiger partial charge in [0.2, 0.25) is 0 Å². The van der Waals surface area contributed by atoms with Crippen molar-refractivity contribution in [3.8, 4) is 11.1 Å². The Morgan fingerprint density at radius 3 is 2.12 bits per heavy atom. The lowest BCUT2D eigenvalue weighted by atomic mass is 9.98. The highest BCUT2D eigenvalue weighted by Gasteiger charge is 2.31. The Morgan fingerprint density at radius 1 is 0.969 bits per heavy atom. The van der Waals surface area contributed by atoms with Gasteiger partial charge in [0.25, 0.3) is 0 Å². The molecule has 0 spiro atoms. The molecule has 0 heterocycles. The van der Waals surface area contributed by atoms with Crippen molar-refractivity contribution >= 4 is 23.7 Å². The molecule has 1 amide bonds. The topological polar surface area (TPSA) is 66.8 Å². The van der Waals surface area contributed by atoms with Gasteiger partial charge in [-0.1, -0.05) is 78.3 Å². The second-order valence-corrected chi connectivity index (χ2v) is 8.31. The summed E-state index contributed by atoms with van der Waals surface area (Å²) in [6.45, 7) is 0.147. The molecule has 1 N–H and O–H groups in total. The van der Waals surface area contributed by atoms with E-state index in [1.807, 2.05) is 54.6 Å². The van der Waals surface area contributed by atoms with Crippen molar-refractivity contribution in [2.75, 3.05) is 13.7 Å². The Labute approximate surface area is 192 Å². The molecule has 1 atom stereocenters. The quantitative estimate of drug-likeness (QED) is 0.509. The third-order valence-electron chi connectivity index (χ3n) is 6.02. The summed E-state index contributed by atoms with van der Waals surface area (Å²) in [6.07, 6.45) is 0.0237. The number of aliphatic carboxylic acids is 1. The lowest BCUT2D eigenvalue weighted by Crippen LogP contribution is -2.43. The number of aryl methyl sites for hydroxylation is 1. The Balaban J connectivity index is 1.44. The molecule has 0 aromatic heterocycles. The summed E-state index contributed by atoms with van der Waals surface area (Å²) in [7, 11) is 1.46. The van der Waals surface area contributed by atoms with Crippen molar-refractivity contribution < 1.29 is 19.4 Å². The first kappa shape index (κ1) is 21.9. The number of nitrogens with zero attached hydrogens (tertiary/aromatic N) is 1. The largest absolute Gasteiger partial charge is 0.480 e. The molecule has 32 heavy (non-hydrogen) atoms. The molecule has 1 aliphatic rings. The van der Waals surface area contributed by atoms with Crippen LogP contribution in [0.15, 0.2) is 72.8 Å². The average molecular weight is 450 g/mol. The zero-order valence-corrected chi connectivity index (χ0v) is 18.5. The van der Waals surface area contributed by atoms with Crippen LogP contribution in [0.25, 0.3) is 11.1 Å². The van der Waals surface area contributed by atoms with Crippen molar-refractivity contribution in [1.29, 1.82) is 0 Å². The van der Waals surface area contributed by atoms with E-state index in [0.29, 0.717) is 11.4 Å². The molecule has 0 unspecified atom stereocenters. The minimum Gasteiger partial charge on any atom is -0.480 e. The number of rotatable bonds is 7. The van der Waals surface area contributed by atoms with Gasteiger partial charge in [-0.2, -0.15) is 0 Å². The summed E-state index contributed by atoms with van der Waals surface area (Å²) in [4.78, 5) is 25.8. The Morgan fingerprint density at radius 2 is 1.53 bits per heavy atom. The standard InChI is InChI=1S/C26H24ClNO4/c1-28(24(25(29)30)15-14-17-8-2-7-13-23(17)27)26(31)32-16-22-20-11-5-3-9-18(20)19-10-4-6-12-21(19)22/h2-13,22,24H,14-16H2,1H3,(H,29,30)/t24-/m0/s1. The molecule has 4 rings (SSSR count). The second kappa shape index (κ2) is 9.45. The third kappa shape index (κ3) is 4.34. The maximum absolute atomic E-state index is 12.8. The normalized spacial score (nSPS) is 13.2. The van der Waals surface area contributed by atoms with Gasteiger partial charge >= 0.3 is 12.1 Å². The number of fused-ring (bicyclic) bond motifs is 3. The van der Waals surface area contributed by atoms with Gasteiger partial charge in [-0.15, -0.1) is 0 Å². The minimum atomic E-state index is -1.08. The monoisotopic (exact) mass is 449 g/mol. The number of ether oxygens (including phenoxy) is 1. The average Bonchev–Trinajstić information content (AvgIpc) is 3.12. The Hall–Kier alpha value is -3.31. The van der Waals surface area contributed by atoms with Gasteiger partial charge in [-0.25, -0.2) is 9.59 Å². The number of halogens is 1. The highest BCUT2D eigenvalue weighted by Crippen LogP contribution is 2.44. The van der Waals surface area contributed by atoms with Gasteiger partial charge in [-0.05, 0) is 46.7 Å². The molecule has 5 nitrogen and oxygen atoms in total. The lowest BCUT2D eigenvalue weighted by molar-refractivity contribution is -0.142. The first-order valence-corrected chi connectivity index (χ1v) is 10.9. The highest BCUT2D eigenvalue weighted by atomic mass is 35.5. The van der Waals surface area contributed by atoms with Gasteiger partial charge in [0.15, 0.2) is 0 Å². The van der Waals surface area contributed by atoms with Gasteiger partial charge in [-0.3, -0.25) is 4.90 Å². The van der Waals surface area contributed by atoms with Gasteiger partial charge in [0, 0.05) is 18.0 Å². The van der Waals surface area contributed by atoms with E-state index in [1.54, 1.807) is 6.07 Å². The van der Waals surface area contributed by atoms with Crippen LogP contribution in [0.3, 0.4) is 0 Å². The number of amides is 1. The predicted molar refractivity (Wildman–Crippen MR) is 124 cm³/mol. The molecule has 6 heteroatoms. The molecule has 0 fully saturated rings. The molecule has 3 aromatic rings. The third-order valence-corrected chi connectivity index (χ3v) is 6.39. The number of carbonyl (C=O) groups is 2. The molecular formula is C26H24ClNO4. The number of carboxylic acids is 1. The van der Waals surface area contributed by atoms with Crippen molar-refractivity contribution in [2.24, 2.45) is 0 Å². The minimum absolute atomic E-state index is 0.0776. The number of likely N-dealkylation sites (N-methyl/N-ethyl adjacent to an activating group) is 1. The first-order valence-electron chi connectivity index (χ1n) is 10.5. The van der Waals surface area contributed by atoms with E-state index >= 15 is 0 Å². The Bertz CT molecular complexity index is 1100. The number of hydrogen-bond donors (Lipinski definition) is 1. The number of carboxylic acid groups (broad SMARTS) is 1. The van der Waals surface area contributed by atoms with Crippen molar-refractivity contribution in [3.05, 3.63) is 94.5 Å². The van der Waals surface area contributed by atoms with Crippen LogP contribution in [0.5, 0.6) is 0 Å². The van der Waals surface area contributed by atoms with Crippen LogP contribution in [0, 0.1) is 0 Å². The van der Waals surface area contributed by atoms with E-state index < -0.39 is 18.1 Å².